The van der Waals surface area contributed by atoms with Crippen LogP contribution in [-0.2, 0) is 6.54 Å². The van der Waals surface area contributed by atoms with Gasteiger partial charge in [0, 0.05) is 18.7 Å². The number of rotatable bonds is 5. The summed E-state index contributed by atoms with van der Waals surface area (Å²) >= 11 is 0. The second-order valence-corrected chi connectivity index (χ2v) is 3.71. The molecule has 0 bridgehead atoms. The first-order valence-corrected chi connectivity index (χ1v) is 5.56. The van der Waals surface area contributed by atoms with Crippen molar-refractivity contribution in [1.82, 2.24) is 14.8 Å². The van der Waals surface area contributed by atoms with Gasteiger partial charge in [0.2, 0.25) is 0 Å². The van der Waals surface area contributed by atoms with Crippen LogP contribution in [0, 0.1) is 11.3 Å². The Labute approximate surface area is 105 Å². The minimum atomic E-state index is 0.189. The molecule has 6 nitrogen and oxygen atoms in total. The van der Waals surface area contributed by atoms with Crippen LogP contribution in [0.5, 0.6) is 5.75 Å². The molecule has 0 aliphatic rings. The fourth-order valence-corrected chi connectivity index (χ4v) is 1.43. The topological polar surface area (TPSA) is 89.8 Å². The third-order valence-electron chi connectivity index (χ3n) is 2.32. The Morgan fingerprint density at radius 3 is 2.78 bits per heavy atom. The van der Waals surface area contributed by atoms with Gasteiger partial charge in [-0.05, 0) is 24.3 Å². The van der Waals surface area contributed by atoms with Crippen LogP contribution in [0.25, 0.3) is 0 Å². The minimum Gasteiger partial charge on any atom is -0.494 e. The van der Waals surface area contributed by atoms with Crippen molar-refractivity contribution in [2.45, 2.75) is 13.0 Å². The van der Waals surface area contributed by atoms with E-state index in [1.54, 1.807) is 23.1 Å². The molecule has 0 saturated carbocycles. The first-order chi connectivity index (χ1) is 8.78. The summed E-state index contributed by atoms with van der Waals surface area (Å²) in [6.45, 7) is 1.25. The number of nitrogens with zero attached hydrogens (tertiary/aromatic N) is 4. The van der Waals surface area contributed by atoms with Gasteiger partial charge in [0.1, 0.15) is 18.1 Å². The van der Waals surface area contributed by atoms with E-state index in [9.17, 15) is 0 Å². The SMILES string of the molecule is N#Cc1ncn(CCCOc2ccc(N)cc2)n1. The smallest absolute Gasteiger partial charge is 0.252 e. The molecule has 0 atom stereocenters. The van der Waals surface area contributed by atoms with Gasteiger partial charge in [-0.1, -0.05) is 0 Å². The van der Waals surface area contributed by atoms with E-state index in [1.165, 1.54) is 0 Å². The molecule has 0 radical (unpaired) electrons. The Bertz CT molecular complexity index is 540. The molecule has 0 fully saturated rings. The zero-order valence-corrected chi connectivity index (χ0v) is 9.78. The first-order valence-electron chi connectivity index (χ1n) is 5.56. The molecule has 0 saturated heterocycles. The molecule has 2 N–H and O–H groups in total. The van der Waals surface area contributed by atoms with Gasteiger partial charge < -0.3 is 10.5 Å². The molecule has 6 heteroatoms. The monoisotopic (exact) mass is 243 g/mol. The third-order valence-corrected chi connectivity index (χ3v) is 2.32. The Morgan fingerprint density at radius 2 is 2.11 bits per heavy atom. The van der Waals surface area contributed by atoms with E-state index in [0.29, 0.717) is 18.8 Å². The van der Waals surface area contributed by atoms with E-state index in [2.05, 4.69) is 10.1 Å². The molecular formula is C12H13N5O. The third kappa shape index (κ3) is 3.22. The molecule has 2 rings (SSSR count). The number of hydrogen-bond donors (Lipinski definition) is 1. The number of nitrogens with two attached hydrogens (primary N) is 1. The maximum atomic E-state index is 8.57. The number of aromatic nitrogens is 3. The van der Waals surface area contributed by atoms with Crippen LogP contribution in [0.15, 0.2) is 30.6 Å². The zero-order valence-electron chi connectivity index (χ0n) is 9.78. The average Bonchev–Trinajstić information content (AvgIpc) is 2.85. The highest BCUT2D eigenvalue weighted by Crippen LogP contribution is 2.13. The van der Waals surface area contributed by atoms with E-state index in [-0.39, 0.29) is 5.82 Å². The highest BCUT2D eigenvalue weighted by atomic mass is 16.5. The maximum absolute atomic E-state index is 8.57. The van der Waals surface area contributed by atoms with Crippen LogP contribution in [0.1, 0.15) is 12.2 Å². The predicted octanol–water partition coefficient (Wildman–Crippen LogP) is 1.20. The van der Waals surface area contributed by atoms with Crippen molar-refractivity contribution in [1.29, 1.82) is 5.26 Å². The molecule has 18 heavy (non-hydrogen) atoms. The summed E-state index contributed by atoms with van der Waals surface area (Å²) < 4.78 is 7.16. The van der Waals surface area contributed by atoms with Crippen molar-refractivity contribution in [2.75, 3.05) is 12.3 Å². The van der Waals surface area contributed by atoms with Gasteiger partial charge in [0.15, 0.2) is 0 Å². The van der Waals surface area contributed by atoms with Gasteiger partial charge in [0.25, 0.3) is 5.82 Å². The van der Waals surface area contributed by atoms with Crippen LogP contribution in [0.2, 0.25) is 0 Å². The molecule has 1 aromatic heterocycles. The normalized spacial score (nSPS) is 9.94. The zero-order chi connectivity index (χ0) is 12.8. The highest BCUT2D eigenvalue weighted by molar-refractivity contribution is 5.41. The second kappa shape index (κ2) is 5.68. The predicted molar refractivity (Wildman–Crippen MR) is 65.7 cm³/mol. The number of hydrogen-bond acceptors (Lipinski definition) is 5. The minimum absolute atomic E-state index is 0.189. The molecule has 1 aromatic carbocycles. The van der Waals surface area contributed by atoms with Crippen LogP contribution in [0.4, 0.5) is 5.69 Å². The maximum Gasteiger partial charge on any atom is 0.252 e. The Balaban J connectivity index is 1.73. The van der Waals surface area contributed by atoms with Crippen molar-refractivity contribution < 1.29 is 4.74 Å². The van der Waals surface area contributed by atoms with Crippen molar-refractivity contribution in [3.8, 4) is 11.8 Å². The molecule has 1 heterocycles. The quantitative estimate of drug-likeness (QED) is 0.629. The fraction of sp³-hybridized carbons (Fsp3) is 0.250. The second-order valence-electron chi connectivity index (χ2n) is 3.71. The lowest BCUT2D eigenvalue weighted by atomic mass is 10.3. The summed E-state index contributed by atoms with van der Waals surface area (Å²) in [4.78, 5) is 3.82. The van der Waals surface area contributed by atoms with Crippen LogP contribution in [0.3, 0.4) is 0 Å². The van der Waals surface area contributed by atoms with Crippen LogP contribution >= 0.6 is 0 Å². The number of nitrogen functional groups attached to an aromatic ring is 1. The molecule has 2 aromatic rings. The van der Waals surface area contributed by atoms with Crippen LogP contribution in [-0.4, -0.2) is 21.4 Å². The molecule has 0 amide bonds. The first kappa shape index (κ1) is 11.9. The number of aryl methyl sites for hydroxylation is 1. The van der Waals surface area contributed by atoms with Gasteiger partial charge in [0.05, 0.1) is 6.61 Å². The lowest BCUT2D eigenvalue weighted by Crippen LogP contribution is -2.05. The van der Waals surface area contributed by atoms with Crippen molar-refractivity contribution >= 4 is 5.69 Å². The Morgan fingerprint density at radius 1 is 1.33 bits per heavy atom. The summed E-state index contributed by atoms with van der Waals surface area (Å²) in [6.07, 6.45) is 2.33. The summed E-state index contributed by atoms with van der Waals surface area (Å²) in [6, 6.07) is 9.14. The van der Waals surface area contributed by atoms with E-state index in [1.807, 2.05) is 18.2 Å². The molecular weight excluding hydrogens is 230 g/mol. The van der Waals surface area contributed by atoms with Crippen molar-refractivity contribution in [3.63, 3.8) is 0 Å². The Hall–Kier alpha value is -2.55. The lowest BCUT2D eigenvalue weighted by molar-refractivity contribution is 0.298. The van der Waals surface area contributed by atoms with Crippen molar-refractivity contribution in [2.24, 2.45) is 0 Å². The average molecular weight is 243 g/mol. The van der Waals surface area contributed by atoms with E-state index in [0.717, 1.165) is 12.2 Å². The largest absolute Gasteiger partial charge is 0.494 e. The van der Waals surface area contributed by atoms with Gasteiger partial charge in [-0.2, -0.15) is 5.26 Å². The number of ether oxygens (including phenoxy) is 1. The van der Waals surface area contributed by atoms with E-state index in [4.69, 9.17) is 15.7 Å². The lowest BCUT2D eigenvalue weighted by Gasteiger charge is -2.06. The summed E-state index contributed by atoms with van der Waals surface area (Å²) in [5.74, 6) is 0.981. The van der Waals surface area contributed by atoms with Gasteiger partial charge in [-0.15, -0.1) is 5.10 Å². The molecule has 0 spiro atoms. The number of nitriles is 1. The van der Waals surface area contributed by atoms with Gasteiger partial charge in [-0.25, -0.2) is 4.98 Å². The summed E-state index contributed by atoms with van der Waals surface area (Å²) in [5, 5.41) is 12.5. The summed E-state index contributed by atoms with van der Waals surface area (Å²) in [5.41, 5.74) is 6.29. The van der Waals surface area contributed by atoms with E-state index >= 15 is 0 Å². The Kier molecular flexibility index (Phi) is 3.76. The van der Waals surface area contributed by atoms with Crippen LogP contribution < -0.4 is 10.5 Å². The summed E-state index contributed by atoms with van der Waals surface area (Å²) in [7, 11) is 0. The molecule has 0 unspecified atom stereocenters. The molecule has 0 aliphatic heterocycles. The van der Waals surface area contributed by atoms with Gasteiger partial charge in [-0.3, -0.25) is 4.68 Å². The fourth-order valence-electron chi connectivity index (χ4n) is 1.43. The molecule has 92 valence electrons. The number of benzene rings is 1. The van der Waals surface area contributed by atoms with Crippen molar-refractivity contribution in [3.05, 3.63) is 36.4 Å². The number of anilines is 1. The van der Waals surface area contributed by atoms with Gasteiger partial charge >= 0.3 is 0 Å². The highest BCUT2D eigenvalue weighted by Gasteiger charge is 1.99. The molecule has 0 aliphatic carbocycles. The van der Waals surface area contributed by atoms with E-state index < -0.39 is 0 Å². The standard InChI is InChI=1S/C12H13N5O/c13-8-12-15-9-17(16-12)6-1-7-18-11-4-2-10(14)3-5-11/h2-5,9H,1,6-7,14H2.